The number of hydrogen-bond acceptors (Lipinski definition) is 1. The van der Waals surface area contributed by atoms with Crippen molar-refractivity contribution in [3.8, 4) is 0 Å². The predicted octanol–water partition coefficient (Wildman–Crippen LogP) is 2.63. The minimum Gasteiger partial charge on any atom is -0.390 e. The van der Waals surface area contributed by atoms with E-state index in [0.717, 1.165) is 19.3 Å². The van der Waals surface area contributed by atoms with Crippen LogP contribution in [0.15, 0.2) is 30.3 Å². The van der Waals surface area contributed by atoms with Gasteiger partial charge in [-0.2, -0.15) is 0 Å². The van der Waals surface area contributed by atoms with Crippen LogP contribution >= 0.6 is 0 Å². The van der Waals surface area contributed by atoms with Gasteiger partial charge in [0.25, 0.3) is 0 Å². The van der Waals surface area contributed by atoms with Crippen LogP contribution in [0.25, 0.3) is 0 Å². The van der Waals surface area contributed by atoms with E-state index >= 15 is 0 Å². The highest BCUT2D eigenvalue weighted by Crippen LogP contribution is 2.57. The quantitative estimate of drug-likeness (QED) is 0.773. The van der Waals surface area contributed by atoms with Gasteiger partial charge in [0.05, 0.1) is 5.60 Å². The fraction of sp³-hybridized carbons (Fsp3) is 0.538. The van der Waals surface area contributed by atoms with Crippen LogP contribution in [0.3, 0.4) is 0 Å². The van der Waals surface area contributed by atoms with E-state index in [1.54, 1.807) is 0 Å². The fourth-order valence-corrected chi connectivity index (χ4v) is 2.46. The summed E-state index contributed by atoms with van der Waals surface area (Å²) in [6.45, 7) is 0. The van der Waals surface area contributed by atoms with Gasteiger partial charge >= 0.3 is 0 Å². The van der Waals surface area contributed by atoms with Crippen molar-refractivity contribution >= 4 is 0 Å². The van der Waals surface area contributed by atoms with Crippen LogP contribution in [0, 0.1) is 0 Å². The Morgan fingerprint density at radius 3 is 2.14 bits per heavy atom. The first-order valence-electron chi connectivity index (χ1n) is 5.51. The Kier molecular flexibility index (Phi) is 1.58. The molecule has 0 radical (unpaired) electrons. The monoisotopic (exact) mass is 188 g/mol. The normalized spacial score (nSPS) is 25.8. The molecule has 0 saturated heterocycles. The van der Waals surface area contributed by atoms with Gasteiger partial charge in [0.15, 0.2) is 0 Å². The third kappa shape index (κ3) is 1.36. The zero-order valence-corrected chi connectivity index (χ0v) is 8.37. The summed E-state index contributed by atoms with van der Waals surface area (Å²) in [6, 6.07) is 10.7. The molecule has 0 aliphatic heterocycles. The summed E-state index contributed by atoms with van der Waals surface area (Å²) in [6.07, 6.45) is 5.55. The van der Waals surface area contributed by atoms with E-state index in [1.807, 2.05) is 0 Å². The summed E-state index contributed by atoms with van der Waals surface area (Å²) in [4.78, 5) is 0. The highest BCUT2D eigenvalue weighted by atomic mass is 16.3. The van der Waals surface area contributed by atoms with Gasteiger partial charge in [-0.05, 0) is 43.1 Å². The second kappa shape index (κ2) is 2.60. The van der Waals surface area contributed by atoms with Crippen molar-refractivity contribution in [2.75, 3.05) is 0 Å². The van der Waals surface area contributed by atoms with Crippen molar-refractivity contribution in [3.63, 3.8) is 0 Å². The molecule has 0 unspecified atom stereocenters. The van der Waals surface area contributed by atoms with E-state index in [2.05, 4.69) is 30.3 Å². The third-order valence-corrected chi connectivity index (χ3v) is 3.73. The molecular formula is C13H16O. The molecule has 1 heteroatoms. The van der Waals surface area contributed by atoms with Gasteiger partial charge in [-0.15, -0.1) is 0 Å². The van der Waals surface area contributed by atoms with Gasteiger partial charge < -0.3 is 5.11 Å². The average Bonchev–Trinajstić information content (AvgIpc) is 3.10. The van der Waals surface area contributed by atoms with Crippen LogP contribution in [0.5, 0.6) is 0 Å². The van der Waals surface area contributed by atoms with Crippen molar-refractivity contribution in [1.82, 2.24) is 0 Å². The van der Waals surface area contributed by atoms with Crippen LogP contribution in [0.2, 0.25) is 0 Å². The average molecular weight is 188 g/mol. The molecule has 1 N–H and O–H groups in total. The van der Waals surface area contributed by atoms with Gasteiger partial charge in [0, 0.05) is 0 Å². The number of hydrogen-bond donors (Lipinski definition) is 1. The van der Waals surface area contributed by atoms with Crippen molar-refractivity contribution in [2.24, 2.45) is 0 Å². The summed E-state index contributed by atoms with van der Waals surface area (Å²) in [5.74, 6) is 0. The Labute approximate surface area is 84.8 Å². The third-order valence-electron chi connectivity index (χ3n) is 3.73. The van der Waals surface area contributed by atoms with Gasteiger partial charge in [-0.3, -0.25) is 0 Å². The summed E-state index contributed by atoms with van der Waals surface area (Å²) in [5.41, 5.74) is 1.47. The zero-order chi connectivity index (χ0) is 9.65. The van der Waals surface area contributed by atoms with Gasteiger partial charge in [0.1, 0.15) is 0 Å². The zero-order valence-electron chi connectivity index (χ0n) is 8.37. The fourth-order valence-electron chi connectivity index (χ4n) is 2.46. The maximum absolute atomic E-state index is 9.97. The summed E-state index contributed by atoms with van der Waals surface area (Å²) in [5, 5.41) is 9.97. The van der Waals surface area contributed by atoms with Gasteiger partial charge in [-0.1, -0.05) is 30.3 Å². The standard InChI is InChI=1S/C13H16O/c14-13(8-9-13)10-12(6-7-12)11-4-2-1-3-5-11/h1-5,14H,6-10H2. The number of rotatable bonds is 3. The molecule has 1 aromatic rings. The van der Waals surface area contributed by atoms with Gasteiger partial charge in [0.2, 0.25) is 0 Å². The maximum Gasteiger partial charge on any atom is 0.0658 e. The topological polar surface area (TPSA) is 20.2 Å². The van der Waals surface area contributed by atoms with Crippen molar-refractivity contribution in [3.05, 3.63) is 35.9 Å². The second-order valence-electron chi connectivity index (χ2n) is 5.05. The molecule has 74 valence electrons. The molecule has 14 heavy (non-hydrogen) atoms. The highest BCUT2D eigenvalue weighted by Gasteiger charge is 2.53. The lowest BCUT2D eigenvalue weighted by Crippen LogP contribution is -2.18. The molecule has 2 aliphatic rings. The van der Waals surface area contributed by atoms with Crippen molar-refractivity contribution in [2.45, 2.75) is 43.1 Å². The highest BCUT2D eigenvalue weighted by molar-refractivity contribution is 5.32. The van der Waals surface area contributed by atoms with Crippen LogP contribution in [-0.4, -0.2) is 10.7 Å². The minimum absolute atomic E-state index is 0.299. The first kappa shape index (κ1) is 8.49. The van der Waals surface area contributed by atoms with E-state index in [4.69, 9.17) is 0 Å². The van der Waals surface area contributed by atoms with E-state index in [0.29, 0.717) is 5.41 Å². The van der Waals surface area contributed by atoms with E-state index in [-0.39, 0.29) is 5.60 Å². The molecule has 2 fully saturated rings. The molecule has 3 rings (SSSR count). The lowest BCUT2D eigenvalue weighted by atomic mass is 9.89. The molecule has 0 heterocycles. The molecular weight excluding hydrogens is 172 g/mol. The molecule has 1 aromatic carbocycles. The van der Waals surface area contributed by atoms with Crippen LogP contribution in [0.1, 0.15) is 37.7 Å². The van der Waals surface area contributed by atoms with E-state index < -0.39 is 0 Å². The lowest BCUT2D eigenvalue weighted by molar-refractivity contribution is 0.127. The van der Waals surface area contributed by atoms with Crippen molar-refractivity contribution < 1.29 is 5.11 Å². The number of benzene rings is 1. The number of aliphatic hydroxyl groups is 1. The minimum atomic E-state index is -0.299. The van der Waals surface area contributed by atoms with Crippen molar-refractivity contribution in [1.29, 1.82) is 0 Å². The summed E-state index contributed by atoms with van der Waals surface area (Å²) >= 11 is 0. The summed E-state index contributed by atoms with van der Waals surface area (Å²) < 4.78 is 0. The Morgan fingerprint density at radius 2 is 1.64 bits per heavy atom. The lowest BCUT2D eigenvalue weighted by Gasteiger charge is -2.19. The predicted molar refractivity (Wildman–Crippen MR) is 56.2 cm³/mol. The largest absolute Gasteiger partial charge is 0.390 e. The first-order valence-corrected chi connectivity index (χ1v) is 5.51. The second-order valence-corrected chi connectivity index (χ2v) is 5.05. The molecule has 1 nitrogen and oxygen atoms in total. The maximum atomic E-state index is 9.97. The Hall–Kier alpha value is -0.820. The Bertz CT molecular complexity index is 334. The Morgan fingerprint density at radius 1 is 1.00 bits per heavy atom. The molecule has 2 aliphatic carbocycles. The van der Waals surface area contributed by atoms with Crippen LogP contribution in [-0.2, 0) is 5.41 Å². The molecule has 0 amide bonds. The summed E-state index contributed by atoms with van der Waals surface area (Å²) in [7, 11) is 0. The Balaban J connectivity index is 1.83. The van der Waals surface area contributed by atoms with Gasteiger partial charge in [-0.25, -0.2) is 0 Å². The molecule has 0 atom stereocenters. The molecule has 2 saturated carbocycles. The molecule has 0 bridgehead atoms. The van der Waals surface area contributed by atoms with Crippen LogP contribution in [0.4, 0.5) is 0 Å². The molecule has 0 spiro atoms. The van der Waals surface area contributed by atoms with Crippen LogP contribution < -0.4 is 0 Å². The smallest absolute Gasteiger partial charge is 0.0658 e. The van der Waals surface area contributed by atoms with E-state index in [9.17, 15) is 5.11 Å². The van der Waals surface area contributed by atoms with E-state index in [1.165, 1.54) is 18.4 Å². The SMILES string of the molecule is OC1(CC2(c3ccccc3)CC2)CC1. The molecule has 0 aromatic heterocycles. The first-order chi connectivity index (χ1) is 6.73.